The van der Waals surface area contributed by atoms with Crippen molar-refractivity contribution in [3.8, 4) is 5.75 Å². The highest BCUT2D eigenvalue weighted by Gasteiger charge is 2.18. The van der Waals surface area contributed by atoms with Crippen LogP contribution in [0.2, 0.25) is 0 Å². The Kier molecular flexibility index (Phi) is 4.70. The smallest absolute Gasteiger partial charge is 0.233 e. The molecule has 0 aliphatic carbocycles. The Bertz CT molecular complexity index is 854. The van der Waals surface area contributed by atoms with E-state index in [2.05, 4.69) is 29.4 Å². The number of carbonyl (C=O) groups excluding carboxylic acids is 1. The lowest BCUT2D eigenvalue weighted by molar-refractivity contribution is -0.119. The maximum Gasteiger partial charge on any atom is 0.233 e. The third-order valence-corrected chi connectivity index (χ3v) is 4.02. The van der Waals surface area contributed by atoms with Gasteiger partial charge in [0, 0.05) is 6.08 Å². The Morgan fingerprint density at radius 1 is 0.960 bits per heavy atom. The number of nitrogens with zero attached hydrogens (tertiary/aromatic N) is 1. The van der Waals surface area contributed by atoms with Gasteiger partial charge in [-0.2, -0.15) is 0 Å². The first-order valence-electron chi connectivity index (χ1n) is 8.32. The molecule has 0 aromatic heterocycles. The Morgan fingerprint density at radius 3 is 2.24 bits per heavy atom. The second-order valence-electron chi connectivity index (χ2n) is 6.50. The normalized spacial score (nSPS) is 15.8. The number of carbonyl (C=O) groups is 1. The standard InChI is InChI=1S/C21H22N2O2/c1-13-5-7-17(8-6-13)22-19-11-18(12-20(24)23-19)25-21-15(3)9-14(2)10-16(21)4/h5-11H,12H2,1-4H3,(H,22,23,24). The van der Waals surface area contributed by atoms with Crippen molar-refractivity contribution in [3.63, 3.8) is 0 Å². The van der Waals surface area contributed by atoms with Crippen molar-refractivity contribution in [1.82, 2.24) is 5.32 Å². The molecule has 1 heterocycles. The van der Waals surface area contributed by atoms with E-state index in [1.54, 1.807) is 6.08 Å². The van der Waals surface area contributed by atoms with E-state index in [4.69, 9.17) is 4.74 Å². The molecule has 25 heavy (non-hydrogen) atoms. The molecule has 0 saturated heterocycles. The Hall–Kier alpha value is -2.88. The number of aryl methyl sites for hydroxylation is 4. The van der Waals surface area contributed by atoms with Gasteiger partial charge in [-0.3, -0.25) is 4.79 Å². The quantitative estimate of drug-likeness (QED) is 0.902. The summed E-state index contributed by atoms with van der Waals surface area (Å²) in [5, 5.41) is 2.79. The molecule has 0 spiro atoms. The third-order valence-electron chi connectivity index (χ3n) is 4.02. The van der Waals surface area contributed by atoms with Gasteiger partial charge in [-0.05, 0) is 51.0 Å². The largest absolute Gasteiger partial charge is 0.460 e. The summed E-state index contributed by atoms with van der Waals surface area (Å²) in [5.41, 5.74) is 5.27. The second-order valence-corrected chi connectivity index (χ2v) is 6.50. The predicted octanol–water partition coefficient (Wildman–Crippen LogP) is 4.43. The Labute approximate surface area is 148 Å². The van der Waals surface area contributed by atoms with Crippen LogP contribution in [-0.4, -0.2) is 11.7 Å². The van der Waals surface area contributed by atoms with Crippen molar-refractivity contribution < 1.29 is 9.53 Å². The van der Waals surface area contributed by atoms with E-state index in [0.29, 0.717) is 11.6 Å². The van der Waals surface area contributed by atoms with Crippen LogP contribution in [0.15, 0.2) is 53.2 Å². The SMILES string of the molecule is Cc1ccc(N=C2C=C(Oc3c(C)cc(C)cc3C)CC(=O)N2)cc1. The highest BCUT2D eigenvalue weighted by atomic mass is 16.5. The molecule has 0 saturated carbocycles. The minimum atomic E-state index is -0.120. The zero-order valence-electron chi connectivity index (χ0n) is 15.0. The van der Waals surface area contributed by atoms with E-state index in [9.17, 15) is 4.79 Å². The number of amides is 1. The summed E-state index contributed by atoms with van der Waals surface area (Å²) >= 11 is 0. The van der Waals surface area contributed by atoms with Crippen LogP contribution in [0.3, 0.4) is 0 Å². The summed E-state index contributed by atoms with van der Waals surface area (Å²) in [6, 6.07) is 12.0. The van der Waals surface area contributed by atoms with Gasteiger partial charge in [-0.15, -0.1) is 0 Å². The zero-order chi connectivity index (χ0) is 18.0. The topological polar surface area (TPSA) is 50.7 Å². The average Bonchev–Trinajstić information content (AvgIpc) is 2.52. The average molecular weight is 334 g/mol. The van der Waals surface area contributed by atoms with Crippen LogP contribution < -0.4 is 10.1 Å². The molecule has 0 radical (unpaired) electrons. The Balaban J connectivity index is 1.89. The summed E-state index contributed by atoms with van der Waals surface area (Å²) < 4.78 is 6.05. The lowest BCUT2D eigenvalue weighted by atomic mass is 10.1. The van der Waals surface area contributed by atoms with Crippen molar-refractivity contribution in [2.24, 2.45) is 4.99 Å². The van der Waals surface area contributed by atoms with E-state index >= 15 is 0 Å². The van der Waals surface area contributed by atoms with E-state index in [1.807, 2.05) is 45.0 Å². The summed E-state index contributed by atoms with van der Waals surface area (Å²) in [5.74, 6) is 1.79. The number of hydrogen-bond acceptors (Lipinski definition) is 3. The van der Waals surface area contributed by atoms with Crippen LogP contribution in [0.25, 0.3) is 0 Å². The number of nitrogens with one attached hydrogen (secondary N) is 1. The van der Waals surface area contributed by atoms with Gasteiger partial charge in [0.1, 0.15) is 17.3 Å². The number of aliphatic imine (C=N–C) groups is 1. The van der Waals surface area contributed by atoms with Crippen molar-refractivity contribution in [3.05, 3.63) is 70.5 Å². The van der Waals surface area contributed by atoms with Gasteiger partial charge >= 0.3 is 0 Å². The molecule has 1 N–H and O–H groups in total. The van der Waals surface area contributed by atoms with Crippen LogP contribution in [-0.2, 0) is 4.79 Å². The van der Waals surface area contributed by atoms with Gasteiger partial charge in [0.2, 0.25) is 5.91 Å². The summed E-state index contributed by atoms with van der Waals surface area (Å²) in [4.78, 5) is 16.5. The van der Waals surface area contributed by atoms with Gasteiger partial charge in [0.05, 0.1) is 12.1 Å². The molecule has 4 nitrogen and oxygen atoms in total. The molecule has 4 heteroatoms. The molecular formula is C21H22N2O2. The number of ether oxygens (including phenoxy) is 1. The molecule has 0 atom stereocenters. The van der Waals surface area contributed by atoms with Gasteiger partial charge in [-0.25, -0.2) is 4.99 Å². The second kappa shape index (κ2) is 6.93. The maximum absolute atomic E-state index is 12.0. The number of rotatable bonds is 3. The Morgan fingerprint density at radius 2 is 1.60 bits per heavy atom. The van der Waals surface area contributed by atoms with E-state index < -0.39 is 0 Å². The number of benzene rings is 2. The summed E-state index contributed by atoms with van der Waals surface area (Å²) in [6.07, 6.45) is 2.00. The van der Waals surface area contributed by atoms with E-state index in [0.717, 1.165) is 22.6 Å². The number of hydrogen-bond donors (Lipinski definition) is 1. The van der Waals surface area contributed by atoms with E-state index in [-0.39, 0.29) is 12.3 Å². The van der Waals surface area contributed by atoms with Crippen molar-refractivity contribution >= 4 is 17.4 Å². The lowest BCUT2D eigenvalue weighted by Crippen LogP contribution is -2.34. The molecule has 3 rings (SSSR count). The maximum atomic E-state index is 12.0. The van der Waals surface area contributed by atoms with Crippen LogP contribution in [0.5, 0.6) is 5.75 Å². The van der Waals surface area contributed by atoms with Crippen LogP contribution >= 0.6 is 0 Å². The minimum Gasteiger partial charge on any atom is -0.460 e. The number of amidine groups is 1. The molecule has 1 aliphatic heterocycles. The highest BCUT2D eigenvalue weighted by molar-refractivity contribution is 6.08. The monoisotopic (exact) mass is 334 g/mol. The van der Waals surface area contributed by atoms with Crippen LogP contribution in [0, 0.1) is 27.7 Å². The third kappa shape index (κ3) is 4.15. The van der Waals surface area contributed by atoms with Gasteiger partial charge in [-0.1, -0.05) is 35.4 Å². The van der Waals surface area contributed by atoms with Crippen LogP contribution in [0.4, 0.5) is 5.69 Å². The first-order valence-corrected chi connectivity index (χ1v) is 8.32. The molecular weight excluding hydrogens is 312 g/mol. The molecule has 0 fully saturated rings. The van der Waals surface area contributed by atoms with E-state index in [1.165, 1.54) is 11.1 Å². The van der Waals surface area contributed by atoms with Gasteiger partial charge in [0.25, 0.3) is 0 Å². The molecule has 2 aromatic carbocycles. The van der Waals surface area contributed by atoms with Crippen LogP contribution in [0.1, 0.15) is 28.7 Å². The van der Waals surface area contributed by atoms with Crippen molar-refractivity contribution in [2.45, 2.75) is 34.1 Å². The molecule has 0 bridgehead atoms. The molecule has 2 aromatic rings. The summed E-state index contributed by atoms with van der Waals surface area (Å²) in [6.45, 7) is 8.11. The first-order chi connectivity index (χ1) is 11.9. The molecule has 0 unspecified atom stereocenters. The predicted molar refractivity (Wildman–Crippen MR) is 100 cm³/mol. The molecule has 1 amide bonds. The van der Waals surface area contributed by atoms with Gasteiger partial charge in [0.15, 0.2) is 0 Å². The molecule has 1 aliphatic rings. The van der Waals surface area contributed by atoms with Crippen molar-refractivity contribution in [1.29, 1.82) is 0 Å². The zero-order valence-corrected chi connectivity index (χ0v) is 15.0. The molecule has 128 valence electrons. The fourth-order valence-corrected chi connectivity index (χ4v) is 2.93. The summed E-state index contributed by atoms with van der Waals surface area (Å²) in [7, 11) is 0. The lowest BCUT2D eigenvalue weighted by Gasteiger charge is -2.19. The van der Waals surface area contributed by atoms with Gasteiger partial charge < -0.3 is 10.1 Å². The minimum absolute atomic E-state index is 0.120. The fraction of sp³-hybridized carbons (Fsp3) is 0.238. The van der Waals surface area contributed by atoms with Crippen molar-refractivity contribution in [2.75, 3.05) is 0 Å². The highest BCUT2D eigenvalue weighted by Crippen LogP contribution is 2.27. The fourth-order valence-electron chi connectivity index (χ4n) is 2.93. The first kappa shape index (κ1) is 17.0.